The molecule has 1 aromatic rings. The minimum Gasteiger partial charge on any atom is -0.387 e. The van der Waals surface area contributed by atoms with Crippen molar-refractivity contribution in [2.24, 2.45) is 0 Å². The molecule has 122 valence electrons. The van der Waals surface area contributed by atoms with Crippen molar-refractivity contribution in [2.75, 3.05) is 6.54 Å². The van der Waals surface area contributed by atoms with Crippen LogP contribution in [0.2, 0.25) is 0 Å². The first-order valence-electron chi connectivity index (χ1n) is 7.08. The second kappa shape index (κ2) is 6.26. The Balaban J connectivity index is 1.98. The summed E-state index contributed by atoms with van der Waals surface area (Å²) in [5, 5.41) is 22.4. The van der Waals surface area contributed by atoms with Crippen LogP contribution in [0.1, 0.15) is 42.9 Å². The SMILES string of the molecule is O=C(NCC(O)c1cccc(C(F)(F)F)c1)C1(O)CCCC1. The number of alkyl halides is 3. The maximum absolute atomic E-state index is 12.6. The maximum Gasteiger partial charge on any atom is 0.416 e. The second-order valence-electron chi connectivity index (χ2n) is 5.59. The first-order valence-corrected chi connectivity index (χ1v) is 7.08. The summed E-state index contributed by atoms with van der Waals surface area (Å²) in [5.41, 5.74) is -2.22. The number of benzene rings is 1. The largest absolute Gasteiger partial charge is 0.416 e. The van der Waals surface area contributed by atoms with Gasteiger partial charge in [0, 0.05) is 6.54 Å². The molecule has 7 heteroatoms. The van der Waals surface area contributed by atoms with Gasteiger partial charge in [-0.25, -0.2) is 0 Å². The van der Waals surface area contributed by atoms with E-state index in [-0.39, 0.29) is 12.1 Å². The minimum atomic E-state index is -4.49. The molecule has 0 bridgehead atoms. The highest BCUT2D eigenvalue weighted by molar-refractivity contribution is 5.85. The van der Waals surface area contributed by atoms with Crippen molar-refractivity contribution in [3.05, 3.63) is 35.4 Å². The number of aliphatic hydroxyl groups is 2. The molecular weight excluding hydrogens is 299 g/mol. The summed E-state index contributed by atoms with van der Waals surface area (Å²) in [7, 11) is 0. The number of nitrogens with one attached hydrogen (secondary N) is 1. The summed E-state index contributed by atoms with van der Waals surface area (Å²) < 4.78 is 37.8. The predicted octanol–water partition coefficient (Wildman–Crippen LogP) is 2.16. The zero-order valence-corrected chi connectivity index (χ0v) is 11.9. The van der Waals surface area contributed by atoms with Crippen molar-refractivity contribution in [3.8, 4) is 0 Å². The zero-order chi connectivity index (χ0) is 16.4. The van der Waals surface area contributed by atoms with E-state index in [4.69, 9.17) is 0 Å². The number of rotatable bonds is 4. The Labute approximate surface area is 126 Å². The lowest BCUT2D eigenvalue weighted by Gasteiger charge is -2.22. The van der Waals surface area contributed by atoms with Crippen LogP contribution in [0.4, 0.5) is 13.2 Å². The zero-order valence-electron chi connectivity index (χ0n) is 11.9. The molecule has 1 aliphatic carbocycles. The average Bonchev–Trinajstić information content (AvgIpc) is 2.92. The predicted molar refractivity (Wildman–Crippen MR) is 72.8 cm³/mol. The monoisotopic (exact) mass is 317 g/mol. The van der Waals surface area contributed by atoms with Gasteiger partial charge in [-0.05, 0) is 43.4 Å². The Kier molecular flexibility index (Phi) is 4.77. The van der Waals surface area contributed by atoms with Gasteiger partial charge in [-0.3, -0.25) is 4.79 Å². The van der Waals surface area contributed by atoms with Crippen LogP contribution in [-0.2, 0) is 11.0 Å². The smallest absolute Gasteiger partial charge is 0.387 e. The molecular formula is C15H18F3NO3. The van der Waals surface area contributed by atoms with Gasteiger partial charge in [-0.2, -0.15) is 13.2 Å². The van der Waals surface area contributed by atoms with Crippen molar-refractivity contribution in [3.63, 3.8) is 0 Å². The number of carbonyl (C=O) groups excluding carboxylic acids is 1. The van der Waals surface area contributed by atoms with Crippen LogP contribution in [0, 0.1) is 0 Å². The van der Waals surface area contributed by atoms with Crippen LogP contribution in [0.5, 0.6) is 0 Å². The van der Waals surface area contributed by atoms with E-state index in [9.17, 15) is 28.2 Å². The Hall–Kier alpha value is -1.60. The standard InChI is InChI=1S/C15H18F3NO3/c16-15(17,18)11-5-3-4-10(8-11)12(20)9-19-13(21)14(22)6-1-2-7-14/h3-5,8,12,20,22H,1-2,6-7,9H2,(H,19,21). The normalized spacial score (nSPS) is 19.0. The third-order valence-corrected chi connectivity index (χ3v) is 3.91. The molecule has 0 heterocycles. The Morgan fingerprint density at radius 1 is 1.32 bits per heavy atom. The molecule has 1 aliphatic rings. The fourth-order valence-corrected chi connectivity index (χ4v) is 2.58. The van der Waals surface area contributed by atoms with Gasteiger partial charge in [0.05, 0.1) is 11.7 Å². The number of aliphatic hydroxyl groups excluding tert-OH is 1. The van der Waals surface area contributed by atoms with E-state index in [1.165, 1.54) is 12.1 Å². The summed E-state index contributed by atoms with van der Waals surface area (Å²) in [6.07, 6.45) is -3.54. The molecule has 1 atom stereocenters. The van der Waals surface area contributed by atoms with Gasteiger partial charge in [0.25, 0.3) is 5.91 Å². The minimum absolute atomic E-state index is 0.0635. The lowest BCUT2D eigenvalue weighted by atomic mass is 10.0. The first-order chi connectivity index (χ1) is 10.2. The average molecular weight is 317 g/mol. The van der Waals surface area contributed by atoms with E-state index in [1.54, 1.807) is 0 Å². The van der Waals surface area contributed by atoms with E-state index >= 15 is 0 Å². The van der Waals surface area contributed by atoms with Crippen molar-refractivity contribution >= 4 is 5.91 Å². The van der Waals surface area contributed by atoms with Crippen molar-refractivity contribution in [1.29, 1.82) is 0 Å². The van der Waals surface area contributed by atoms with Crippen LogP contribution >= 0.6 is 0 Å². The van der Waals surface area contributed by atoms with Gasteiger partial charge < -0.3 is 15.5 Å². The molecule has 1 amide bonds. The van der Waals surface area contributed by atoms with Crippen LogP contribution in [0.15, 0.2) is 24.3 Å². The second-order valence-corrected chi connectivity index (χ2v) is 5.59. The molecule has 0 radical (unpaired) electrons. The lowest BCUT2D eigenvalue weighted by molar-refractivity contribution is -0.140. The lowest BCUT2D eigenvalue weighted by Crippen LogP contribution is -2.45. The molecule has 1 fully saturated rings. The molecule has 0 aromatic heterocycles. The number of hydrogen-bond acceptors (Lipinski definition) is 3. The van der Waals surface area contributed by atoms with E-state index in [0.717, 1.165) is 25.0 Å². The third kappa shape index (κ3) is 3.78. The van der Waals surface area contributed by atoms with E-state index in [2.05, 4.69) is 5.32 Å². The Morgan fingerprint density at radius 3 is 2.55 bits per heavy atom. The Bertz CT molecular complexity index is 539. The van der Waals surface area contributed by atoms with Gasteiger partial charge in [-0.15, -0.1) is 0 Å². The van der Waals surface area contributed by atoms with Gasteiger partial charge in [0.2, 0.25) is 0 Å². The number of amides is 1. The Morgan fingerprint density at radius 2 is 1.95 bits per heavy atom. The maximum atomic E-state index is 12.6. The van der Waals surface area contributed by atoms with E-state index in [1.807, 2.05) is 0 Å². The molecule has 1 aromatic carbocycles. The van der Waals surface area contributed by atoms with E-state index in [0.29, 0.717) is 12.8 Å². The van der Waals surface area contributed by atoms with Crippen molar-refractivity contribution in [1.82, 2.24) is 5.32 Å². The fourth-order valence-electron chi connectivity index (χ4n) is 2.58. The highest BCUT2D eigenvalue weighted by Gasteiger charge is 2.38. The van der Waals surface area contributed by atoms with Gasteiger partial charge in [0.1, 0.15) is 5.60 Å². The highest BCUT2D eigenvalue weighted by Crippen LogP contribution is 2.31. The van der Waals surface area contributed by atoms with Crippen LogP contribution in [0.3, 0.4) is 0 Å². The summed E-state index contributed by atoms with van der Waals surface area (Å²) in [6.45, 7) is -0.248. The summed E-state index contributed by atoms with van der Waals surface area (Å²) in [5.74, 6) is -0.587. The van der Waals surface area contributed by atoms with Crippen molar-refractivity contribution < 1.29 is 28.2 Å². The molecule has 0 saturated heterocycles. The molecule has 1 unspecified atom stereocenters. The van der Waals surface area contributed by atoms with Gasteiger partial charge in [-0.1, -0.05) is 12.1 Å². The fraction of sp³-hybridized carbons (Fsp3) is 0.533. The molecule has 2 rings (SSSR count). The number of hydrogen-bond donors (Lipinski definition) is 3. The molecule has 1 saturated carbocycles. The quantitative estimate of drug-likeness (QED) is 0.797. The number of carbonyl (C=O) groups is 1. The van der Waals surface area contributed by atoms with Gasteiger partial charge >= 0.3 is 6.18 Å². The summed E-state index contributed by atoms with van der Waals surface area (Å²) >= 11 is 0. The first kappa shape index (κ1) is 16.8. The highest BCUT2D eigenvalue weighted by atomic mass is 19.4. The number of halogens is 3. The van der Waals surface area contributed by atoms with Crippen LogP contribution in [0.25, 0.3) is 0 Å². The van der Waals surface area contributed by atoms with Crippen LogP contribution in [-0.4, -0.2) is 28.3 Å². The summed E-state index contributed by atoms with van der Waals surface area (Å²) in [6, 6.07) is 4.32. The van der Waals surface area contributed by atoms with E-state index < -0.39 is 29.4 Å². The van der Waals surface area contributed by atoms with Crippen LogP contribution < -0.4 is 5.32 Å². The summed E-state index contributed by atoms with van der Waals surface area (Å²) in [4.78, 5) is 11.9. The van der Waals surface area contributed by atoms with Crippen molar-refractivity contribution in [2.45, 2.75) is 43.6 Å². The molecule has 0 aliphatic heterocycles. The van der Waals surface area contributed by atoms with Gasteiger partial charge in [0.15, 0.2) is 0 Å². The third-order valence-electron chi connectivity index (χ3n) is 3.91. The molecule has 4 nitrogen and oxygen atoms in total. The topological polar surface area (TPSA) is 69.6 Å². The molecule has 22 heavy (non-hydrogen) atoms. The molecule has 3 N–H and O–H groups in total. The molecule has 0 spiro atoms.